The molecule has 0 radical (unpaired) electrons. The number of methoxy groups -OCH3 is 1. The molecule has 1 atom stereocenters. The number of hydrogen-bond donors (Lipinski definition) is 2. The molecule has 0 aliphatic carbocycles. The molecule has 1 aromatic carbocycles. The van der Waals surface area contributed by atoms with Gasteiger partial charge in [-0.3, -0.25) is 4.90 Å². The summed E-state index contributed by atoms with van der Waals surface area (Å²) < 4.78 is 5.31. The monoisotopic (exact) mass is 267 g/mol. The Labute approximate surface area is 115 Å². The second-order valence-electron chi connectivity index (χ2n) is 4.94. The molecule has 0 fully saturated rings. The fourth-order valence-corrected chi connectivity index (χ4v) is 2.24. The van der Waals surface area contributed by atoms with Crippen molar-refractivity contribution in [3.63, 3.8) is 0 Å². The Morgan fingerprint density at radius 1 is 1.21 bits per heavy atom. The third kappa shape index (κ3) is 3.93. The summed E-state index contributed by atoms with van der Waals surface area (Å²) in [6.45, 7) is 5.04. The fourth-order valence-electron chi connectivity index (χ4n) is 2.24. The number of benzene rings is 1. The SMILES string of the molecule is COc1ccc(CN(C)C(CO)CCO)c(C)c1C. The predicted molar refractivity (Wildman–Crippen MR) is 76.5 cm³/mol. The first-order valence-electron chi connectivity index (χ1n) is 6.60. The summed E-state index contributed by atoms with van der Waals surface area (Å²) in [4.78, 5) is 2.07. The summed E-state index contributed by atoms with van der Waals surface area (Å²) in [7, 11) is 3.65. The Morgan fingerprint density at radius 2 is 1.89 bits per heavy atom. The van der Waals surface area contributed by atoms with Gasteiger partial charge < -0.3 is 14.9 Å². The van der Waals surface area contributed by atoms with Crippen LogP contribution in [0.4, 0.5) is 0 Å². The van der Waals surface area contributed by atoms with E-state index in [1.807, 2.05) is 13.1 Å². The van der Waals surface area contributed by atoms with E-state index < -0.39 is 0 Å². The summed E-state index contributed by atoms with van der Waals surface area (Å²) >= 11 is 0. The van der Waals surface area contributed by atoms with Gasteiger partial charge in [-0.2, -0.15) is 0 Å². The summed E-state index contributed by atoms with van der Waals surface area (Å²) in [6.07, 6.45) is 0.585. The van der Waals surface area contributed by atoms with E-state index in [4.69, 9.17) is 9.84 Å². The summed E-state index contributed by atoms with van der Waals surface area (Å²) in [5, 5.41) is 18.3. The van der Waals surface area contributed by atoms with Crippen LogP contribution in [0.25, 0.3) is 0 Å². The number of aliphatic hydroxyl groups excluding tert-OH is 2. The molecule has 0 bridgehead atoms. The lowest BCUT2D eigenvalue weighted by molar-refractivity contribution is 0.115. The van der Waals surface area contributed by atoms with Crippen molar-refractivity contribution in [1.82, 2.24) is 4.90 Å². The van der Waals surface area contributed by atoms with Crippen molar-refractivity contribution in [2.45, 2.75) is 32.9 Å². The minimum atomic E-state index is -0.00759. The van der Waals surface area contributed by atoms with Crippen LogP contribution in [0, 0.1) is 13.8 Å². The maximum absolute atomic E-state index is 9.34. The molecular weight excluding hydrogens is 242 g/mol. The average Bonchev–Trinajstić information content (AvgIpc) is 2.41. The highest BCUT2D eigenvalue weighted by Crippen LogP contribution is 2.25. The minimum absolute atomic E-state index is 0.00759. The molecule has 0 aliphatic rings. The van der Waals surface area contributed by atoms with Gasteiger partial charge in [0, 0.05) is 19.2 Å². The van der Waals surface area contributed by atoms with Crippen molar-refractivity contribution < 1.29 is 14.9 Å². The largest absolute Gasteiger partial charge is 0.496 e. The van der Waals surface area contributed by atoms with E-state index >= 15 is 0 Å². The van der Waals surface area contributed by atoms with E-state index in [9.17, 15) is 5.11 Å². The predicted octanol–water partition coefficient (Wildman–Crippen LogP) is 1.49. The van der Waals surface area contributed by atoms with E-state index in [2.05, 4.69) is 24.8 Å². The molecule has 0 spiro atoms. The van der Waals surface area contributed by atoms with Crippen molar-refractivity contribution in [2.75, 3.05) is 27.4 Å². The first-order chi connectivity index (χ1) is 9.04. The fraction of sp³-hybridized carbons (Fsp3) is 0.600. The third-order valence-electron chi connectivity index (χ3n) is 3.79. The molecule has 4 nitrogen and oxygen atoms in total. The normalized spacial score (nSPS) is 12.8. The van der Waals surface area contributed by atoms with Gasteiger partial charge in [0.25, 0.3) is 0 Å². The molecule has 19 heavy (non-hydrogen) atoms. The van der Waals surface area contributed by atoms with Crippen molar-refractivity contribution in [3.8, 4) is 5.75 Å². The van der Waals surface area contributed by atoms with Crippen LogP contribution < -0.4 is 4.74 Å². The van der Waals surface area contributed by atoms with Gasteiger partial charge in [-0.05, 0) is 50.1 Å². The second-order valence-corrected chi connectivity index (χ2v) is 4.94. The highest BCUT2D eigenvalue weighted by Gasteiger charge is 2.15. The number of aliphatic hydroxyl groups is 2. The molecule has 1 aromatic rings. The zero-order chi connectivity index (χ0) is 14.4. The van der Waals surface area contributed by atoms with Gasteiger partial charge in [0.15, 0.2) is 0 Å². The second kappa shape index (κ2) is 7.48. The van der Waals surface area contributed by atoms with E-state index in [1.54, 1.807) is 7.11 Å². The summed E-state index contributed by atoms with van der Waals surface area (Å²) in [5.41, 5.74) is 3.58. The quantitative estimate of drug-likeness (QED) is 0.786. The zero-order valence-electron chi connectivity index (χ0n) is 12.3. The van der Waals surface area contributed by atoms with Gasteiger partial charge in [-0.1, -0.05) is 6.07 Å². The molecule has 0 aliphatic heterocycles. The molecule has 0 saturated heterocycles. The van der Waals surface area contributed by atoms with E-state index in [-0.39, 0.29) is 19.3 Å². The van der Waals surface area contributed by atoms with Crippen molar-refractivity contribution in [2.24, 2.45) is 0 Å². The first kappa shape index (κ1) is 16.0. The minimum Gasteiger partial charge on any atom is -0.496 e. The lowest BCUT2D eigenvalue weighted by Crippen LogP contribution is -2.35. The third-order valence-corrected chi connectivity index (χ3v) is 3.79. The van der Waals surface area contributed by atoms with Crippen molar-refractivity contribution in [1.29, 1.82) is 0 Å². The van der Waals surface area contributed by atoms with Crippen LogP contribution in [0.2, 0.25) is 0 Å². The van der Waals surface area contributed by atoms with E-state index in [0.29, 0.717) is 6.42 Å². The van der Waals surface area contributed by atoms with Crippen LogP contribution in [-0.4, -0.2) is 48.5 Å². The Balaban J connectivity index is 2.84. The van der Waals surface area contributed by atoms with Crippen molar-refractivity contribution >= 4 is 0 Å². The molecule has 1 rings (SSSR count). The zero-order valence-corrected chi connectivity index (χ0v) is 12.3. The maximum Gasteiger partial charge on any atom is 0.122 e. The van der Waals surface area contributed by atoms with Crippen LogP contribution >= 0.6 is 0 Å². The van der Waals surface area contributed by atoms with Gasteiger partial charge in [-0.15, -0.1) is 0 Å². The molecule has 0 aromatic heterocycles. The molecule has 1 unspecified atom stereocenters. The highest BCUT2D eigenvalue weighted by atomic mass is 16.5. The molecule has 0 amide bonds. The van der Waals surface area contributed by atoms with Gasteiger partial charge in [0.05, 0.1) is 13.7 Å². The number of rotatable bonds is 7. The standard InChI is InChI=1S/C15H25NO3/c1-11-12(2)15(19-4)6-5-13(11)9-16(3)14(10-18)7-8-17/h5-6,14,17-18H,7-10H2,1-4H3. The van der Waals surface area contributed by atoms with Gasteiger partial charge in [0.1, 0.15) is 5.75 Å². The van der Waals surface area contributed by atoms with Crippen LogP contribution in [0.5, 0.6) is 5.75 Å². The lowest BCUT2D eigenvalue weighted by Gasteiger charge is -2.27. The Morgan fingerprint density at radius 3 is 2.42 bits per heavy atom. The van der Waals surface area contributed by atoms with Gasteiger partial charge in [-0.25, -0.2) is 0 Å². The van der Waals surface area contributed by atoms with Crippen LogP contribution in [-0.2, 0) is 6.54 Å². The Hall–Kier alpha value is -1.10. The number of ether oxygens (including phenoxy) is 1. The summed E-state index contributed by atoms with van der Waals surface area (Å²) in [5.74, 6) is 0.901. The van der Waals surface area contributed by atoms with E-state index in [0.717, 1.165) is 17.9 Å². The number of hydrogen-bond acceptors (Lipinski definition) is 4. The lowest BCUT2D eigenvalue weighted by atomic mass is 10.0. The molecule has 0 heterocycles. The maximum atomic E-state index is 9.34. The van der Waals surface area contributed by atoms with Crippen molar-refractivity contribution in [3.05, 3.63) is 28.8 Å². The molecule has 2 N–H and O–H groups in total. The summed E-state index contributed by atoms with van der Waals surface area (Å²) in [6, 6.07) is 4.03. The van der Waals surface area contributed by atoms with Gasteiger partial charge in [0.2, 0.25) is 0 Å². The molecule has 108 valence electrons. The molecule has 0 saturated carbocycles. The average molecular weight is 267 g/mol. The Bertz CT molecular complexity index is 407. The van der Waals surface area contributed by atoms with Crippen LogP contribution in [0.15, 0.2) is 12.1 Å². The Kier molecular flexibility index (Phi) is 6.28. The highest BCUT2D eigenvalue weighted by molar-refractivity contribution is 5.43. The number of likely N-dealkylation sites (N-methyl/N-ethyl adjacent to an activating group) is 1. The topological polar surface area (TPSA) is 52.9 Å². The number of nitrogens with zero attached hydrogens (tertiary/aromatic N) is 1. The molecular formula is C15H25NO3. The van der Waals surface area contributed by atoms with Crippen LogP contribution in [0.3, 0.4) is 0 Å². The van der Waals surface area contributed by atoms with E-state index in [1.165, 1.54) is 11.1 Å². The molecule has 4 heteroatoms. The van der Waals surface area contributed by atoms with Crippen LogP contribution in [0.1, 0.15) is 23.1 Å². The smallest absolute Gasteiger partial charge is 0.122 e. The van der Waals surface area contributed by atoms with Gasteiger partial charge >= 0.3 is 0 Å². The first-order valence-corrected chi connectivity index (χ1v) is 6.60.